The molecule has 0 unspecified atom stereocenters. The van der Waals surface area contributed by atoms with Crippen molar-refractivity contribution in [1.29, 1.82) is 0 Å². The number of ether oxygens (including phenoxy) is 3. The van der Waals surface area contributed by atoms with E-state index in [0.717, 1.165) is 6.42 Å². The zero-order valence-corrected chi connectivity index (χ0v) is 16.2. The van der Waals surface area contributed by atoms with Crippen LogP contribution in [0.2, 0.25) is 0 Å². The maximum atomic E-state index is 12.2. The van der Waals surface area contributed by atoms with Gasteiger partial charge in [-0.3, -0.25) is 0 Å². The second kappa shape index (κ2) is 11.0. The molecule has 0 spiro atoms. The van der Waals surface area contributed by atoms with Crippen molar-refractivity contribution in [3.63, 3.8) is 0 Å². The lowest BCUT2D eigenvalue weighted by Gasteiger charge is -2.17. The molecule has 6 nitrogen and oxygen atoms in total. The van der Waals surface area contributed by atoms with Crippen LogP contribution in [-0.4, -0.2) is 32.4 Å². The van der Waals surface area contributed by atoms with Gasteiger partial charge in [0.25, 0.3) is 0 Å². The molecule has 2 aromatic carbocycles. The minimum atomic E-state index is -0.278. The molecular formula is C21H28N2O4. The Morgan fingerprint density at radius 1 is 0.889 bits per heavy atom. The largest absolute Gasteiger partial charge is 0.490 e. The van der Waals surface area contributed by atoms with Crippen molar-refractivity contribution in [1.82, 2.24) is 5.32 Å². The van der Waals surface area contributed by atoms with Crippen molar-refractivity contribution in [2.75, 3.05) is 31.7 Å². The smallest absolute Gasteiger partial charge is 0.319 e. The topological polar surface area (TPSA) is 68.8 Å². The van der Waals surface area contributed by atoms with Crippen LogP contribution in [0, 0.1) is 0 Å². The second-order valence-corrected chi connectivity index (χ2v) is 5.72. The van der Waals surface area contributed by atoms with Crippen molar-refractivity contribution >= 4 is 11.7 Å². The van der Waals surface area contributed by atoms with E-state index in [2.05, 4.69) is 10.6 Å². The molecule has 2 aromatic rings. The van der Waals surface area contributed by atoms with Crippen LogP contribution < -0.4 is 24.8 Å². The van der Waals surface area contributed by atoms with E-state index in [1.54, 1.807) is 12.1 Å². The molecule has 0 fully saturated rings. The molecule has 0 saturated heterocycles. The Kier molecular flexibility index (Phi) is 8.29. The summed E-state index contributed by atoms with van der Waals surface area (Å²) in [5.41, 5.74) is 1.76. The van der Waals surface area contributed by atoms with Crippen molar-refractivity contribution in [3.05, 3.63) is 48.0 Å². The van der Waals surface area contributed by atoms with Gasteiger partial charge in [-0.1, -0.05) is 30.3 Å². The third-order valence-electron chi connectivity index (χ3n) is 3.71. The highest BCUT2D eigenvalue weighted by Crippen LogP contribution is 2.40. The number of carbonyl (C=O) groups excluding carboxylic acids is 1. The van der Waals surface area contributed by atoms with E-state index in [4.69, 9.17) is 14.2 Å². The molecule has 0 aliphatic carbocycles. The maximum absolute atomic E-state index is 12.2. The van der Waals surface area contributed by atoms with Crippen LogP contribution in [0.25, 0.3) is 0 Å². The third kappa shape index (κ3) is 6.40. The monoisotopic (exact) mass is 372 g/mol. The molecule has 6 heteroatoms. The van der Waals surface area contributed by atoms with E-state index in [0.29, 0.717) is 49.3 Å². The third-order valence-corrected chi connectivity index (χ3v) is 3.71. The fraction of sp³-hybridized carbons (Fsp3) is 0.381. The zero-order valence-electron chi connectivity index (χ0n) is 16.2. The van der Waals surface area contributed by atoms with Gasteiger partial charge in [0.1, 0.15) is 0 Å². The lowest BCUT2D eigenvalue weighted by Crippen LogP contribution is -2.30. The van der Waals surface area contributed by atoms with Gasteiger partial charge >= 0.3 is 6.03 Å². The molecule has 0 aliphatic heterocycles. The number of hydrogen-bond acceptors (Lipinski definition) is 4. The minimum Gasteiger partial charge on any atom is -0.490 e. The first kappa shape index (κ1) is 20.4. The highest BCUT2D eigenvalue weighted by atomic mass is 16.5. The van der Waals surface area contributed by atoms with Crippen LogP contribution in [0.3, 0.4) is 0 Å². The molecular weight excluding hydrogens is 344 g/mol. The quantitative estimate of drug-likeness (QED) is 0.654. The average molecular weight is 372 g/mol. The molecule has 2 rings (SSSR count). The van der Waals surface area contributed by atoms with Crippen LogP contribution >= 0.6 is 0 Å². The number of benzene rings is 2. The molecule has 0 atom stereocenters. The fourth-order valence-corrected chi connectivity index (χ4v) is 2.60. The first-order chi connectivity index (χ1) is 13.2. The Morgan fingerprint density at radius 3 is 2.04 bits per heavy atom. The molecule has 2 amide bonds. The summed E-state index contributed by atoms with van der Waals surface area (Å²) in [7, 11) is 0. The van der Waals surface area contributed by atoms with E-state index in [9.17, 15) is 4.79 Å². The summed E-state index contributed by atoms with van der Waals surface area (Å²) in [5.74, 6) is 1.64. The van der Waals surface area contributed by atoms with Gasteiger partial charge in [0.05, 0.1) is 25.5 Å². The Labute approximate surface area is 160 Å². The van der Waals surface area contributed by atoms with E-state index in [-0.39, 0.29) is 6.03 Å². The lowest BCUT2D eigenvalue weighted by molar-refractivity contribution is 0.252. The summed E-state index contributed by atoms with van der Waals surface area (Å²) < 4.78 is 17.0. The summed E-state index contributed by atoms with van der Waals surface area (Å²) in [4.78, 5) is 12.2. The zero-order chi connectivity index (χ0) is 19.5. The molecule has 0 aromatic heterocycles. The predicted molar refractivity (Wildman–Crippen MR) is 107 cm³/mol. The molecule has 0 radical (unpaired) electrons. The van der Waals surface area contributed by atoms with Gasteiger partial charge in [-0.05, 0) is 32.8 Å². The first-order valence-electron chi connectivity index (χ1n) is 9.33. The summed E-state index contributed by atoms with van der Waals surface area (Å²) >= 11 is 0. The van der Waals surface area contributed by atoms with Crippen molar-refractivity contribution in [3.8, 4) is 17.2 Å². The normalized spacial score (nSPS) is 10.2. The number of amides is 2. The van der Waals surface area contributed by atoms with E-state index in [1.165, 1.54) is 5.56 Å². The number of nitrogens with one attached hydrogen (secondary N) is 2. The number of anilines is 1. The van der Waals surface area contributed by atoms with Gasteiger partial charge in [-0.25, -0.2) is 4.79 Å². The molecule has 146 valence electrons. The van der Waals surface area contributed by atoms with Gasteiger partial charge in [-0.2, -0.15) is 0 Å². The van der Waals surface area contributed by atoms with Gasteiger partial charge in [0, 0.05) is 18.7 Å². The second-order valence-electron chi connectivity index (χ2n) is 5.72. The van der Waals surface area contributed by atoms with Crippen LogP contribution in [-0.2, 0) is 6.42 Å². The summed E-state index contributed by atoms with van der Waals surface area (Å²) in [6.07, 6.45) is 0.770. The SMILES string of the molecule is CCOc1cc(NC(=O)NCCc2ccccc2)cc(OCC)c1OCC. The maximum Gasteiger partial charge on any atom is 0.319 e. The van der Waals surface area contributed by atoms with Crippen molar-refractivity contribution in [2.45, 2.75) is 27.2 Å². The van der Waals surface area contributed by atoms with Crippen LogP contribution in [0.5, 0.6) is 17.2 Å². The predicted octanol–water partition coefficient (Wildman–Crippen LogP) is 4.25. The number of carbonyl (C=O) groups is 1. The van der Waals surface area contributed by atoms with Crippen LogP contribution in [0.4, 0.5) is 10.5 Å². The molecule has 2 N–H and O–H groups in total. The highest BCUT2D eigenvalue weighted by molar-refractivity contribution is 5.90. The van der Waals surface area contributed by atoms with Crippen LogP contribution in [0.15, 0.2) is 42.5 Å². The lowest BCUT2D eigenvalue weighted by atomic mass is 10.1. The van der Waals surface area contributed by atoms with E-state index < -0.39 is 0 Å². The number of hydrogen-bond donors (Lipinski definition) is 2. The Balaban J connectivity index is 2.04. The van der Waals surface area contributed by atoms with Gasteiger partial charge in [0.2, 0.25) is 5.75 Å². The fourth-order valence-electron chi connectivity index (χ4n) is 2.60. The molecule has 0 heterocycles. The Morgan fingerprint density at radius 2 is 1.48 bits per heavy atom. The van der Waals surface area contributed by atoms with E-state index >= 15 is 0 Å². The van der Waals surface area contributed by atoms with Gasteiger partial charge in [0.15, 0.2) is 11.5 Å². The number of urea groups is 1. The molecule has 0 saturated carbocycles. The summed E-state index contributed by atoms with van der Waals surface area (Å²) in [5, 5.41) is 5.69. The number of rotatable bonds is 10. The van der Waals surface area contributed by atoms with Crippen LogP contribution in [0.1, 0.15) is 26.3 Å². The first-order valence-corrected chi connectivity index (χ1v) is 9.33. The molecule has 0 aliphatic rings. The summed E-state index contributed by atoms with van der Waals surface area (Å²) in [6.45, 7) is 7.70. The minimum absolute atomic E-state index is 0.278. The van der Waals surface area contributed by atoms with Crippen molar-refractivity contribution < 1.29 is 19.0 Å². The van der Waals surface area contributed by atoms with Gasteiger partial charge < -0.3 is 24.8 Å². The standard InChI is InChI=1S/C21H28N2O4/c1-4-25-18-14-17(15-19(26-5-2)20(18)27-6-3)23-21(24)22-13-12-16-10-8-7-9-11-16/h7-11,14-15H,4-6,12-13H2,1-3H3,(H2,22,23,24). The molecule has 27 heavy (non-hydrogen) atoms. The van der Waals surface area contributed by atoms with E-state index in [1.807, 2.05) is 51.1 Å². The Hall–Kier alpha value is -2.89. The summed E-state index contributed by atoms with van der Waals surface area (Å²) in [6, 6.07) is 13.2. The molecule has 0 bridgehead atoms. The van der Waals surface area contributed by atoms with Crippen molar-refractivity contribution in [2.24, 2.45) is 0 Å². The Bertz CT molecular complexity index is 692. The average Bonchev–Trinajstić information content (AvgIpc) is 2.66. The van der Waals surface area contributed by atoms with Gasteiger partial charge in [-0.15, -0.1) is 0 Å². The highest BCUT2D eigenvalue weighted by Gasteiger charge is 2.16.